The van der Waals surface area contributed by atoms with Crippen molar-refractivity contribution in [2.45, 2.75) is 38.0 Å². The van der Waals surface area contributed by atoms with Gasteiger partial charge in [0.1, 0.15) is 6.33 Å². The van der Waals surface area contributed by atoms with Crippen LogP contribution in [0, 0.1) is 6.92 Å². The van der Waals surface area contributed by atoms with E-state index in [1.807, 2.05) is 5.41 Å². The maximum atomic E-state index is 4.72. The molecule has 0 aliphatic rings. The predicted octanol–water partition coefficient (Wildman–Crippen LogP) is 8.57. The Balaban J connectivity index is 1.76. The van der Waals surface area contributed by atoms with Gasteiger partial charge in [-0.2, -0.15) is 0 Å². The highest BCUT2D eigenvalue weighted by atomic mass is 32.2. The summed E-state index contributed by atoms with van der Waals surface area (Å²) in [4.78, 5) is 10.6. The van der Waals surface area contributed by atoms with Gasteiger partial charge in [-0.25, -0.2) is 9.97 Å². The first kappa shape index (κ1) is 19.7. The molecule has 150 valence electrons. The second kappa shape index (κ2) is 7.19. The van der Waals surface area contributed by atoms with Crippen molar-refractivity contribution in [2.75, 3.05) is 0 Å². The van der Waals surface area contributed by atoms with Crippen molar-refractivity contribution in [1.82, 2.24) is 9.97 Å². The first-order valence-corrected chi connectivity index (χ1v) is 12.4. The van der Waals surface area contributed by atoms with E-state index in [0.29, 0.717) is 0 Å². The molecule has 0 aliphatic carbocycles. The fraction of sp³-hybridized carbons (Fsp3) is 0.200. The van der Waals surface area contributed by atoms with Gasteiger partial charge in [-0.05, 0) is 63.9 Å². The van der Waals surface area contributed by atoms with Crippen LogP contribution in [-0.2, 0) is 5.41 Å². The van der Waals surface area contributed by atoms with Crippen molar-refractivity contribution in [1.29, 1.82) is 0 Å². The lowest BCUT2D eigenvalue weighted by molar-refractivity contribution is 0.578. The number of thioether (sulfide) groups is 1. The molecule has 3 heterocycles. The third kappa shape index (κ3) is 3.16. The van der Waals surface area contributed by atoms with Gasteiger partial charge in [-0.1, -0.05) is 45.2 Å². The molecule has 0 unspecified atom stereocenters. The molecule has 2 nitrogen and oxygen atoms in total. The molecule has 0 bridgehead atoms. The van der Waals surface area contributed by atoms with E-state index in [9.17, 15) is 0 Å². The fourth-order valence-electron chi connectivity index (χ4n) is 3.88. The van der Waals surface area contributed by atoms with E-state index >= 15 is 0 Å². The van der Waals surface area contributed by atoms with E-state index < -0.39 is 0 Å². The van der Waals surface area contributed by atoms with Crippen LogP contribution in [0.25, 0.3) is 41.6 Å². The minimum absolute atomic E-state index is 0.0373. The van der Waals surface area contributed by atoms with Gasteiger partial charge >= 0.3 is 0 Å². The lowest BCUT2D eigenvalue weighted by Gasteiger charge is -2.23. The number of nitrogens with zero attached hydrogens (tertiary/aromatic N) is 2. The van der Waals surface area contributed by atoms with Crippen molar-refractivity contribution < 1.29 is 0 Å². The number of hydrogen-bond acceptors (Lipinski definition) is 5. The number of fused-ring (bicyclic) bond motifs is 4. The molecule has 30 heavy (non-hydrogen) atoms. The SMILES string of the molecule is C=CSc1ccc(-c2ncnc3c2sc2cc4c(C)csc4cc23)cc1C(C)(C)C. The number of aromatic nitrogens is 2. The minimum Gasteiger partial charge on any atom is -0.235 e. The Morgan fingerprint density at radius 2 is 1.83 bits per heavy atom. The van der Waals surface area contributed by atoms with Crippen LogP contribution in [0.5, 0.6) is 0 Å². The van der Waals surface area contributed by atoms with Crippen LogP contribution in [0.15, 0.2) is 58.9 Å². The van der Waals surface area contributed by atoms with Crippen molar-refractivity contribution >= 4 is 64.8 Å². The van der Waals surface area contributed by atoms with Crippen LogP contribution in [0.3, 0.4) is 0 Å². The van der Waals surface area contributed by atoms with Crippen LogP contribution >= 0.6 is 34.4 Å². The smallest absolute Gasteiger partial charge is 0.116 e. The van der Waals surface area contributed by atoms with Gasteiger partial charge < -0.3 is 0 Å². The van der Waals surface area contributed by atoms with Gasteiger partial charge in [0.05, 0.1) is 15.9 Å². The summed E-state index contributed by atoms with van der Waals surface area (Å²) in [6, 6.07) is 11.3. The number of aryl methyl sites for hydroxylation is 1. The second-order valence-corrected chi connectivity index (χ2v) is 11.5. The number of rotatable bonds is 3. The van der Waals surface area contributed by atoms with Crippen LogP contribution < -0.4 is 0 Å². The van der Waals surface area contributed by atoms with Crippen LogP contribution in [-0.4, -0.2) is 9.97 Å². The Morgan fingerprint density at radius 1 is 1.03 bits per heavy atom. The second-order valence-electron chi connectivity index (χ2n) is 8.51. The molecule has 0 radical (unpaired) electrons. The summed E-state index contributed by atoms with van der Waals surface area (Å²) in [5.74, 6) is 0. The Bertz CT molecular complexity index is 1430. The van der Waals surface area contributed by atoms with Gasteiger partial charge in [0.2, 0.25) is 0 Å². The van der Waals surface area contributed by atoms with Crippen LogP contribution in [0.4, 0.5) is 0 Å². The topological polar surface area (TPSA) is 25.8 Å². The molecule has 0 amide bonds. The van der Waals surface area contributed by atoms with Crippen LogP contribution in [0.2, 0.25) is 0 Å². The first-order chi connectivity index (χ1) is 14.4. The number of benzene rings is 2. The molecule has 0 atom stereocenters. The first-order valence-electron chi connectivity index (χ1n) is 9.84. The van der Waals surface area contributed by atoms with Gasteiger partial charge in [0.25, 0.3) is 0 Å². The maximum Gasteiger partial charge on any atom is 0.116 e. The minimum atomic E-state index is 0.0373. The summed E-state index contributed by atoms with van der Waals surface area (Å²) in [5.41, 5.74) is 5.90. The Hall–Kier alpha value is -2.21. The monoisotopic (exact) mass is 446 g/mol. The van der Waals surface area contributed by atoms with Crippen molar-refractivity contribution in [3.8, 4) is 11.3 Å². The summed E-state index contributed by atoms with van der Waals surface area (Å²) >= 11 is 5.28. The molecule has 5 aromatic rings. The molecule has 0 saturated carbocycles. The zero-order valence-electron chi connectivity index (χ0n) is 17.4. The van der Waals surface area contributed by atoms with E-state index in [2.05, 4.69) is 75.0 Å². The van der Waals surface area contributed by atoms with E-state index in [4.69, 9.17) is 4.98 Å². The molecule has 0 spiro atoms. The zero-order valence-corrected chi connectivity index (χ0v) is 19.9. The molecule has 3 aromatic heterocycles. The summed E-state index contributed by atoms with van der Waals surface area (Å²) in [6.45, 7) is 12.8. The highest BCUT2D eigenvalue weighted by molar-refractivity contribution is 8.02. The molecular weight excluding hydrogens is 424 g/mol. The predicted molar refractivity (Wildman–Crippen MR) is 135 cm³/mol. The Morgan fingerprint density at radius 3 is 2.60 bits per heavy atom. The van der Waals surface area contributed by atoms with Crippen LogP contribution in [0.1, 0.15) is 31.9 Å². The van der Waals surface area contributed by atoms with Gasteiger partial charge in [0, 0.05) is 25.2 Å². The molecule has 0 aliphatic heterocycles. The summed E-state index contributed by atoms with van der Waals surface area (Å²) in [7, 11) is 0. The highest BCUT2D eigenvalue weighted by Crippen LogP contribution is 2.42. The maximum absolute atomic E-state index is 4.72. The average molecular weight is 447 g/mol. The summed E-state index contributed by atoms with van der Waals surface area (Å²) < 4.78 is 3.75. The van der Waals surface area contributed by atoms with Gasteiger partial charge in [0.15, 0.2) is 0 Å². The largest absolute Gasteiger partial charge is 0.235 e. The molecule has 5 rings (SSSR count). The quantitative estimate of drug-likeness (QED) is 0.260. The molecule has 0 fully saturated rings. The third-order valence-corrected chi connectivity index (χ3v) is 8.40. The average Bonchev–Trinajstić information content (AvgIpc) is 3.26. The summed E-state index contributed by atoms with van der Waals surface area (Å²) in [5, 5.41) is 6.69. The van der Waals surface area contributed by atoms with Crippen molar-refractivity contribution in [3.63, 3.8) is 0 Å². The van der Waals surface area contributed by atoms with E-state index in [1.54, 1.807) is 40.8 Å². The van der Waals surface area contributed by atoms with E-state index in [1.165, 1.54) is 36.2 Å². The molecule has 0 saturated heterocycles. The normalized spacial score (nSPS) is 12.3. The van der Waals surface area contributed by atoms with Crippen molar-refractivity contribution in [2.24, 2.45) is 0 Å². The zero-order chi connectivity index (χ0) is 21.0. The molecule has 5 heteroatoms. The number of thiophene rings is 2. The Kier molecular flexibility index (Phi) is 4.73. The van der Waals surface area contributed by atoms with Gasteiger partial charge in [-0.15, -0.1) is 22.7 Å². The van der Waals surface area contributed by atoms with Crippen molar-refractivity contribution in [3.05, 3.63) is 65.2 Å². The van der Waals surface area contributed by atoms with E-state index in [-0.39, 0.29) is 5.41 Å². The van der Waals surface area contributed by atoms with Gasteiger partial charge in [-0.3, -0.25) is 0 Å². The standard InChI is InChI=1S/C25H22N2S3/c1-6-28-19-8-7-15(9-18(19)25(3,4)5)22-24-23(27-13-26-22)17-11-20-16(10-21(17)30-24)14(2)12-29-20/h6-13H,1H2,2-5H3. The third-order valence-electron chi connectivity index (χ3n) is 5.41. The molecular formula is C25H22N2S3. The lowest BCUT2D eigenvalue weighted by Crippen LogP contribution is -2.12. The Labute approximate surface area is 188 Å². The number of hydrogen-bond donors (Lipinski definition) is 0. The molecule has 0 N–H and O–H groups in total. The lowest BCUT2D eigenvalue weighted by atomic mass is 9.85. The summed E-state index contributed by atoms with van der Waals surface area (Å²) in [6.07, 6.45) is 1.71. The fourth-order valence-corrected chi connectivity index (χ4v) is 6.85. The van der Waals surface area contributed by atoms with E-state index in [0.717, 1.165) is 21.5 Å². The highest BCUT2D eigenvalue weighted by Gasteiger charge is 2.21. The molecule has 2 aromatic carbocycles.